The molecule has 0 heterocycles. The highest BCUT2D eigenvalue weighted by Gasteiger charge is 2.27. The van der Waals surface area contributed by atoms with Crippen LogP contribution in [0.4, 0.5) is 0 Å². The van der Waals surface area contributed by atoms with Crippen molar-refractivity contribution < 1.29 is 23.9 Å². The van der Waals surface area contributed by atoms with E-state index in [9.17, 15) is 14.4 Å². The van der Waals surface area contributed by atoms with Crippen LogP contribution in [0.2, 0.25) is 0 Å². The summed E-state index contributed by atoms with van der Waals surface area (Å²) < 4.78 is 9.33. The number of esters is 2. The van der Waals surface area contributed by atoms with Crippen LogP contribution in [0.15, 0.2) is 0 Å². The Kier molecular flexibility index (Phi) is 7.44. The van der Waals surface area contributed by atoms with Crippen molar-refractivity contribution in [2.24, 2.45) is 5.92 Å². The Balaban J connectivity index is 4.59. The molecular weight excluding hydrogens is 224 g/mol. The van der Waals surface area contributed by atoms with Crippen LogP contribution in [-0.2, 0) is 23.9 Å². The lowest BCUT2D eigenvalue weighted by Crippen LogP contribution is -2.27. The summed E-state index contributed by atoms with van der Waals surface area (Å²) in [6.07, 6.45) is -0.466. The van der Waals surface area contributed by atoms with Crippen molar-refractivity contribution in [1.82, 2.24) is 0 Å². The molecule has 0 bridgehead atoms. The molecule has 0 saturated heterocycles. The molecule has 0 aromatic carbocycles. The lowest BCUT2D eigenvalue weighted by Gasteiger charge is -2.08. The van der Waals surface area contributed by atoms with Gasteiger partial charge in [-0.3, -0.25) is 14.4 Å². The topological polar surface area (TPSA) is 69.7 Å². The van der Waals surface area contributed by atoms with Crippen molar-refractivity contribution in [1.29, 1.82) is 0 Å². The van der Waals surface area contributed by atoms with Gasteiger partial charge in [0.25, 0.3) is 0 Å². The molecule has 0 spiro atoms. The van der Waals surface area contributed by atoms with Gasteiger partial charge in [-0.2, -0.15) is 0 Å². The largest absolute Gasteiger partial charge is 0.466 e. The summed E-state index contributed by atoms with van der Waals surface area (Å²) in [6, 6.07) is 0. The summed E-state index contributed by atoms with van der Waals surface area (Å²) in [5.41, 5.74) is 0. The van der Waals surface area contributed by atoms with Crippen LogP contribution in [0, 0.1) is 17.8 Å². The Labute approximate surface area is 100 Å². The smallest absolute Gasteiger partial charge is 0.328 e. The first-order chi connectivity index (χ1) is 8.06. The Morgan fingerprint density at radius 2 is 1.71 bits per heavy atom. The highest BCUT2D eigenvalue weighted by molar-refractivity contribution is 6.08. The van der Waals surface area contributed by atoms with Gasteiger partial charge in [-0.05, 0) is 20.8 Å². The normalized spacial score (nSPS) is 10.8. The molecule has 0 aromatic heterocycles. The van der Waals surface area contributed by atoms with E-state index < -0.39 is 30.1 Å². The first kappa shape index (κ1) is 15.2. The van der Waals surface area contributed by atoms with Gasteiger partial charge in [-0.1, -0.05) is 5.92 Å². The molecular formula is C12H16O5. The van der Waals surface area contributed by atoms with Crippen LogP contribution < -0.4 is 0 Å². The molecule has 0 aromatic rings. The highest BCUT2D eigenvalue weighted by atomic mass is 16.5. The number of rotatable bonds is 6. The number of carbonyl (C=O) groups excluding carboxylic acids is 3. The van der Waals surface area contributed by atoms with Crippen molar-refractivity contribution in [3.05, 3.63) is 0 Å². The number of carbonyl (C=O) groups is 3. The number of hydrogen-bond donors (Lipinski definition) is 0. The maximum Gasteiger partial charge on any atom is 0.328 e. The molecule has 0 aliphatic heterocycles. The van der Waals surface area contributed by atoms with E-state index in [0.29, 0.717) is 0 Å². The zero-order valence-electron chi connectivity index (χ0n) is 10.2. The van der Waals surface area contributed by atoms with Crippen molar-refractivity contribution in [2.75, 3.05) is 13.2 Å². The van der Waals surface area contributed by atoms with Gasteiger partial charge in [-0.25, -0.2) is 0 Å². The van der Waals surface area contributed by atoms with Gasteiger partial charge in [0.1, 0.15) is 6.42 Å². The average Bonchev–Trinajstić information content (AvgIpc) is 2.26. The summed E-state index contributed by atoms with van der Waals surface area (Å²) in [5, 5.41) is 0. The minimum atomic E-state index is -1.20. The first-order valence-electron chi connectivity index (χ1n) is 5.34. The summed E-state index contributed by atoms with van der Waals surface area (Å²) >= 11 is 0. The maximum absolute atomic E-state index is 11.6. The van der Waals surface area contributed by atoms with Gasteiger partial charge in [0.05, 0.1) is 13.2 Å². The molecule has 0 amide bonds. The zero-order valence-corrected chi connectivity index (χ0v) is 10.2. The second kappa shape index (κ2) is 8.34. The van der Waals surface area contributed by atoms with Gasteiger partial charge < -0.3 is 9.47 Å². The summed E-state index contributed by atoms with van der Waals surface area (Å²) in [4.78, 5) is 34.1. The number of ketones is 1. The lowest BCUT2D eigenvalue weighted by atomic mass is 10.0. The van der Waals surface area contributed by atoms with Crippen LogP contribution in [0.3, 0.4) is 0 Å². The maximum atomic E-state index is 11.6. The van der Waals surface area contributed by atoms with E-state index in [1.165, 1.54) is 6.92 Å². The van der Waals surface area contributed by atoms with E-state index in [-0.39, 0.29) is 13.2 Å². The second-order valence-electron chi connectivity index (χ2n) is 3.03. The summed E-state index contributed by atoms with van der Waals surface area (Å²) in [7, 11) is 0. The fourth-order valence-corrected chi connectivity index (χ4v) is 1.10. The van der Waals surface area contributed by atoms with Crippen LogP contribution >= 0.6 is 0 Å². The minimum Gasteiger partial charge on any atom is -0.466 e. The quantitative estimate of drug-likeness (QED) is 0.388. The number of hydrogen-bond acceptors (Lipinski definition) is 5. The molecule has 17 heavy (non-hydrogen) atoms. The zero-order chi connectivity index (χ0) is 13.3. The molecule has 0 fully saturated rings. The third-order valence-corrected chi connectivity index (χ3v) is 1.76. The molecule has 5 heteroatoms. The predicted octanol–water partition coefficient (Wildman–Crippen LogP) is 0.711. The molecule has 0 aliphatic carbocycles. The average molecular weight is 240 g/mol. The molecule has 1 unspecified atom stereocenters. The third-order valence-electron chi connectivity index (χ3n) is 1.76. The molecule has 0 radical (unpaired) electrons. The summed E-state index contributed by atoms with van der Waals surface area (Å²) in [6.45, 7) is 5.12. The molecule has 5 nitrogen and oxygen atoms in total. The monoisotopic (exact) mass is 240 g/mol. The number of Topliss-reactive ketones (excluding diaryl/α,β-unsaturated/α-hetero) is 1. The van der Waals surface area contributed by atoms with E-state index in [0.717, 1.165) is 0 Å². The standard InChI is InChI=1S/C12H16O5/c1-4-7-9(12(15)17-6-3)10(13)8-11(14)16-5-2/h9H,5-6,8H2,1-3H3. The minimum absolute atomic E-state index is 0.160. The van der Waals surface area contributed by atoms with Crippen LogP contribution in [0.5, 0.6) is 0 Å². The van der Waals surface area contributed by atoms with Crippen molar-refractivity contribution in [3.63, 3.8) is 0 Å². The first-order valence-corrected chi connectivity index (χ1v) is 5.34. The van der Waals surface area contributed by atoms with Gasteiger partial charge in [0, 0.05) is 0 Å². The molecule has 1 atom stereocenters. The molecule has 0 N–H and O–H groups in total. The van der Waals surface area contributed by atoms with Crippen molar-refractivity contribution in [3.8, 4) is 11.8 Å². The Morgan fingerprint density at radius 3 is 2.18 bits per heavy atom. The van der Waals surface area contributed by atoms with Crippen LogP contribution in [-0.4, -0.2) is 30.9 Å². The van der Waals surface area contributed by atoms with Crippen LogP contribution in [0.1, 0.15) is 27.2 Å². The highest BCUT2D eigenvalue weighted by Crippen LogP contribution is 2.05. The van der Waals surface area contributed by atoms with Gasteiger partial charge >= 0.3 is 11.9 Å². The Bertz CT molecular complexity index is 348. The van der Waals surface area contributed by atoms with Crippen molar-refractivity contribution in [2.45, 2.75) is 27.2 Å². The molecule has 0 rings (SSSR count). The van der Waals surface area contributed by atoms with Crippen LogP contribution in [0.25, 0.3) is 0 Å². The second-order valence-corrected chi connectivity index (χ2v) is 3.03. The van der Waals surface area contributed by atoms with E-state index in [1.54, 1.807) is 13.8 Å². The molecule has 94 valence electrons. The summed E-state index contributed by atoms with van der Waals surface area (Å²) in [5.74, 6) is 1.71. The third kappa shape index (κ3) is 5.71. The fourth-order valence-electron chi connectivity index (χ4n) is 1.10. The number of ether oxygens (including phenoxy) is 2. The van der Waals surface area contributed by atoms with Gasteiger partial charge in [0.15, 0.2) is 11.7 Å². The molecule has 0 aliphatic rings. The Morgan fingerprint density at radius 1 is 1.12 bits per heavy atom. The van der Waals surface area contributed by atoms with E-state index >= 15 is 0 Å². The lowest BCUT2D eigenvalue weighted by molar-refractivity contribution is -0.151. The van der Waals surface area contributed by atoms with E-state index in [1.807, 2.05) is 0 Å². The Hall–Kier alpha value is -1.83. The fraction of sp³-hybridized carbons (Fsp3) is 0.583. The predicted molar refractivity (Wildman–Crippen MR) is 59.8 cm³/mol. The van der Waals surface area contributed by atoms with Gasteiger partial charge in [-0.15, -0.1) is 5.92 Å². The van der Waals surface area contributed by atoms with Crippen molar-refractivity contribution >= 4 is 17.7 Å². The van der Waals surface area contributed by atoms with E-state index in [4.69, 9.17) is 4.74 Å². The SMILES string of the molecule is CC#CC(C(=O)CC(=O)OCC)C(=O)OCC. The molecule has 0 saturated carbocycles. The van der Waals surface area contributed by atoms with Gasteiger partial charge in [0.2, 0.25) is 0 Å². The van der Waals surface area contributed by atoms with E-state index in [2.05, 4.69) is 16.6 Å².